The third kappa shape index (κ3) is 2.76. The van der Waals surface area contributed by atoms with Crippen LogP contribution in [0.15, 0.2) is 41.4 Å². The molecule has 0 bridgehead atoms. The van der Waals surface area contributed by atoms with E-state index in [9.17, 15) is 0 Å². The second-order valence-electron chi connectivity index (χ2n) is 3.57. The highest BCUT2D eigenvalue weighted by Gasteiger charge is 2.08. The molecule has 0 atom stereocenters. The fraction of sp³-hybridized carbons (Fsp3) is 0.0769. The van der Waals surface area contributed by atoms with Gasteiger partial charge in [-0.05, 0) is 23.8 Å². The van der Waals surface area contributed by atoms with Gasteiger partial charge in [0.05, 0.1) is 5.02 Å². The number of benzene rings is 1. The van der Waals surface area contributed by atoms with Gasteiger partial charge < -0.3 is 5.73 Å². The minimum absolute atomic E-state index is 0.440. The van der Waals surface area contributed by atoms with Gasteiger partial charge in [0, 0.05) is 22.5 Å². The lowest BCUT2D eigenvalue weighted by atomic mass is 10.2. The Morgan fingerprint density at radius 1 is 1.33 bits per heavy atom. The van der Waals surface area contributed by atoms with Gasteiger partial charge in [-0.25, -0.2) is 4.98 Å². The maximum absolute atomic E-state index is 8.95. The van der Waals surface area contributed by atoms with E-state index in [1.165, 1.54) is 11.8 Å². The summed E-state index contributed by atoms with van der Waals surface area (Å²) in [5.41, 5.74) is 7.84. The molecule has 0 saturated carbocycles. The molecule has 0 fully saturated rings. The Labute approximate surface area is 115 Å². The van der Waals surface area contributed by atoms with Crippen LogP contribution < -0.4 is 5.73 Å². The summed E-state index contributed by atoms with van der Waals surface area (Å²) in [4.78, 5) is 4.86. The number of anilines is 1. The molecular formula is C13H10ClN3S. The van der Waals surface area contributed by atoms with Gasteiger partial charge in [0.1, 0.15) is 11.8 Å². The lowest BCUT2D eigenvalue weighted by Crippen LogP contribution is -1.93. The van der Waals surface area contributed by atoms with E-state index in [1.807, 2.05) is 24.3 Å². The van der Waals surface area contributed by atoms with Gasteiger partial charge in [0.15, 0.2) is 0 Å². The normalized spacial score (nSPS) is 10.0. The minimum atomic E-state index is 0.440. The zero-order chi connectivity index (χ0) is 13.0. The summed E-state index contributed by atoms with van der Waals surface area (Å²) in [6.07, 6.45) is 1.61. The van der Waals surface area contributed by atoms with Crippen molar-refractivity contribution >= 4 is 29.1 Å². The van der Waals surface area contributed by atoms with Gasteiger partial charge in [0.2, 0.25) is 0 Å². The fourth-order valence-electron chi connectivity index (χ4n) is 1.48. The Balaban J connectivity index is 2.20. The third-order valence-electron chi connectivity index (χ3n) is 2.37. The molecule has 0 aliphatic carbocycles. The van der Waals surface area contributed by atoms with Crippen molar-refractivity contribution in [1.82, 2.24) is 4.98 Å². The molecule has 0 spiro atoms. The van der Waals surface area contributed by atoms with Crippen molar-refractivity contribution in [1.29, 1.82) is 5.26 Å². The monoisotopic (exact) mass is 275 g/mol. The quantitative estimate of drug-likeness (QED) is 0.688. The lowest BCUT2D eigenvalue weighted by molar-refractivity contribution is 1.19. The Kier molecular flexibility index (Phi) is 4.08. The summed E-state index contributed by atoms with van der Waals surface area (Å²) in [5.74, 6) is 0.616. The number of nitrogen functional groups attached to an aromatic ring is 1. The summed E-state index contributed by atoms with van der Waals surface area (Å²) < 4.78 is 0. The van der Waals surface area contributed by atoms with Crippen LogP contribution in [0, 0.1) is 11.3 Å². The molecule has 0 aliphatic heterocycles. The van der Waals surface area contributed by atoms with Crippen molar-refractivity contribution in [2.24, 2.45) is 0 Å². The van der Waals surface area contributed by atoms with Crippen LogP contribution in [0.25, 0.3) is 0 Å². The van der Waals surface area contributed by atoms with Crippen molar-refractivity contribution in [3.8, 4) is 6.07 Å². The van der Waals surface area contributed by atoms with Crippen molar-refractivity contribution in [3.63, 3.8) is 0 Å². The number of nitriles is 1. The molecule has 90 valence electrons. The molecule has 0 saturated heterocycles. The topological polar surface area (TPSA) is 62.7 Å². The number of nitrogens with zero attached hydrogens (tertiary/aromatic N) is 2. The van der Waals surface area contributed by atoms with Gasteiger partial charge in [-0.15, -0.1) is 11.8 Å². The molecule has 2 N–H and O–H groups in total. The highest BCUT2D eigenvalue weighted by Crippen LogP contribution is 2.34. The molecule has 18 heavy (non-hydrogen) atoms. The SMILES string of the molecule is N#Cc1ncccc1CSc1c(N)cccc1Cl. The standard InChI is InChI=1S/C13H10ClN3S/c14-10-4-1-5-11(16)13(10)18-8-9-3-2-6-17-12(9)7-15/h1-6H,8,16H2. The zero-order valence-corrected chi connectivity index (χ0v) is 11.0. The fourth-order valence-corrected chi connectivity index (χ4v) is 2.80. The van der Waals surface area contributed by atoms with Crippen LogP contribution in [0.2, 0.25) is 5.02 Å². The molecule has 2 rings (SSSR count). The summed E-state index contributed by atoms with van der Waals surface area (Å²) in [6.45, 7) is 0. The first-order valence-corrected chi connectivity index (χ1v) is 6.59. The summed E-state index contributed by atoms with van der Waals surface area (Å²) in [5, 5.41) is 9.58. The van der Waals surface area contributed by atoms with Gasteiger partial charge in [0.25, 0.3) is 0 Å². The molecule has 1 aromatic heterocycles. The Morgan fingerprint density at radius 2 is 2.17 bits per heavy atom. The number of nitrogens with two attached hydrogens (primary N) is 1. The number of hydrogen-bond donors (Lipinski definition) is 1. The Morgan fingerprint density at radius 3 is 2.89 bits per heavy atom. The van der Waals surface area contributed by atoms with Crippen LogP contribution in [-0.4, -0.2) is 4.98 Å². The highest BCUT2D eigenvalue weighted by atomic mass is 35.5. The van der Waals surface area contributed by atoms with E-state index in [4.69, 9.17) is 22.6 Å². The molecule has 0 amide bonds. The smallest absolute Gasteiger partial charge is 0.144 e. The van der Waals surface area contributed by atoms with Gasteiger partial charge in [-0.1, -0.05) is 23.7 Å². The van der Waals surface area contributed by atoms with Crippen LogP contribution >= 0.6 is 23.4 Å². The first-order chi connectivity index (χ1) is 8.72. The molecular weight excluding hydrogens is 266 g/mol. The predicted octanol–water partition coefficient (Wildman–Crippen LogP) is 3.48. The van der Waals surface area contributed by atoms with Crippen LogP contribution in [0.4, 0.5) is 5.69 Å². The van der Waals surface area contributed by atoms with Crippen LogP contribution in [0.1, 0.15) is 11.3 Å². The highest BCUT2D eigenvalue weighted by molar-refractivity contribution is 7.98. The molecule has 2 aromatic rings. The number of aromatic nitrogens is 1. The van der Waals surface area contributed by atoms with E-state index in [0.29, 0.717) is 22.2 Å². The third-order valence-corrected chi connectivity index (χ3v) is 3.99. The van der Waals surface area contributed by atoms with Gasteiger partial charge >= 0.3 is 0 Å². The van der Waals surface area contributed by atoms with E-state index >= 15 is 0 Å². The van der Waals surface area contributed by atoms with E-state index < -0.39 is 0 Å². The molecule has 5 heteroatoms. The Bertz CT molecular complexity index is 587. The largest absolute Gasteiger partial charge is 0.398 e. The second kappa shape index (κ2) is 5.76. The first-order valence-electron chi connectivity index (χ1n) is 5.23. The average Bonchev–Trinajstić information content (AvgIpc) is 2.38. The molecule has 0 radical (unpaired) electrons. The summed E-state index contributed by atoms with van der Waals surface area (Å²) >= 11 is 7.60. The van der Waals surface area contributed by atoms with Crippen molar-refractivity contribution in [2.75, 3.05) is 5.73 Å². The number of rotatable bonds is 3. The van der Waals surface area contributed by atoms with Crippen LogP contribution in [-0.2, 0) is 5.75 Å². The zero-order valence-electron chi connectivity index (χ0n) is 9.43. The van der Waals surface area contributed by atoms with Crippen molar-refractivity contribution in [2.45, 2.75) is 10.6 Å². The molecule has 3 nitrogen and oxygen atoms in total. The number of pyridine rings is 1. The molecule has 1 aromatic carbocycles. The molecule has 0 aliphatic rings. The van der Waals surface area contributed by atoms with Crippen molar-refractivity contribution in [3.05, 3.63) is 52.8 Å². The van der Waals surface area contributed by atoms with E-state index in [0.717, 1.165) is 10.5 Å². The summed E-state index contributed by atoms with van der Waals surface area (Å²) in [7, 11) is 0. The van der Waals surface area contributed by atoms with Gasteiger partial charge in [-0.2, -0.15) is 5.26 Å². The maximum Gasteiger partial charge on any atom is 0.144 e. The second-order valence-corrected chi connectivity index (χ2v) is 4.96. The summed E-state index contributed by atoms with van der Waals surface area (Å²) in [6, 6.07) is 11.2. The van der Waals surface area contributed by atoms with Crippen LogP contribution in [0.5, 0.6) is 0 Å². The number of thioether (sulfide) groups is 1. The number of hydrogen-bond acceptors (Lipinski definition) is 4. The van der Waals surface area contributed by atoms with E-state index in [2.05, 4.69) is 11.1 Å². The van der Waals surface area contributed by atoms with Gasteiger partial charge in [-0.3, -0.25) is 0 Å². The predicted molar refractivity (Wildman–Crippen MR) is 74.4 cm³/mol. The average molecular weight is 276 g/mol. The van der Waals surface area contributed by atoms with Crippen molar-refractivity contribution < 1.29 is 0 Å². The first kappa shape index (κ1) is 12.7. The maximum atomic E-state index is 8.95. The van der Waals surface area contributed by atoms with Crippen LogP contribution in [0.3, 0.4) is 0 Å². The van der Waals surface area contributed by atoms with E-state index in [-0.39, 0.29) is 0 Å². The lowest BCUT2D eigenvalue weighted by Gasteiger charge is -2.07. The van der Waals surface area contributed by atoms with E-state index in [1.54, 1.807) is 12.3 Å². The molecule has 1 heterocycles. The minimum Gasteiger partial charge on any atom is -0.398 e. The number of halogens is 1. The molecule has 0 unspecified atom stereocenters. The Hall–Kier alpha value is -1.70.